The number of nitrogens with zero attached hydrogens (tertiary/aromatic N) is 7. The molecule has 0 fully saturated rings. The first-order valence-electron chi connectivity index (χ1n) is 30.1. The van der Waals surface area contributed by atoms with Crippen molar-refractivity contribution in [3.05, 3.63) is 263 Å². The van der Waals surface area contributed by atoms with E-state index in [9.17, 15) is 5.26 Å². The zero-order valence-electron chi connectivity index (χ0n) is 49.8. The molecule has 414 valence electrons. The molecule has 11 aromatic carbocycles. The van der Waals surface area contributed by atoms with Crippen molar-refractivity contribution in [2.75, 3.05) is 0 Å². The maximum Gasteiger partial charge on any atom is 0.104 e. The minimum atomic E-state index is 0.544. The van der Waals surface area contributed by atoms with Gasteiger partial charge in [0.2, 0.25) is 0 Å². The fourth-order valence-electron chi connectivity index (χ4n) is 14.8. The van der Waals surface area contributed by atoms with Crippen LogP contribution in [0.25, 0.3) is 149 Å². The van der Waals surface area contributed by atoms with Gasteiger partial charge in [0, 0.05) is 77.5 Å². The van der Waals surface area contributed by atoms with Crippen LogP contribution in [0.5, 0.6) is 0 Å². The molecule has 0 aliphatic carbocycles. The molecule has 0 aliphatic heterocycles. The lowest BCUT2D eigenvalue weighted by atomic mass is 9.93. The van der Waals surface area contributed by atoms with E-state index in [1.54, 1.807) is 0 Å². The Kier molecular flexibility index (Phi) is 10.8. The second-order valence-corrected chi connectivity index (χ2v) is 24.6. The monoisotopic (exact) mass is 1120 g/mol. The van der Waals surface area contributed by atoms with E-state index in [0.717, 1.165) is 149 Å². The molecule has 0 amide bonds. The number of para-hydroxylation sites is 1. The van der Waals surface area contributed by atoms with Crippen molar-refractivity contribution >= 4 is 109 Å². The van der Waals surface area contributed by atoms with Crippen LogP contribution < -0.4 is 0 Å². The molecule has 0 saturated heterocycles. The quantitative estimate of drug-likeness (QED) is 0.167. The Bertz CT molecular complexity index is 5350. The molecule has 0 unspecified atom stereocenters. The minimum absolute atomic E-state index is 0.544. The summed E-state index contributed by atoms with van der Waals surface area (Å²) in [6, 6.07) is 78.0. The highest BCUT2D eigenvalue weighted by Gasteiger charge is 2.35. The Balaban J connectivity index is 1.19. The van der Waals surface area contributed by atoms with Crippen LogP contribution in [0, 0.1) is 66.7 Å². The van der Waals surface area contributed by atoms with Crippen molar-refractivity contribution in [1.82, 2.24) is 27.8 Å². The van der Waals surface area contributed by atoms with Gasteiger partial charge in [-0.25, -0.2) is 0 Å². The van der Waals surface area contributed by atoms with E-state index in [1.807, 2.05) is 12.4 Å². The molecule has 0 radical (unpaired) electrons. The third-order valence-corrected chi connectivity index (χ3v) is 18.6. The number of aryl methyl sites for hydroxylation is 8. The highest BCUT2D eigenvalue weighted by Crippen LogP contribution is 2.52. The average molecular weight is 1120 g/mol. The number of fused-ring (bicyclic) bond motifs is 15. The molecule has 87 heavy (non-hydrogen) atoms. The van der Waals surface area contributed by atoms with E-state index in [-0.39, 0.29) is 0 Å². The molecule has 0 saturated carbocycles. The number of pyridine rings is 1. The first-order valence-corrected chi connectivity index (χ1v) is 30.1. The Labute approximate surface area is 503 Å². The van der Waals surface area contributed by atoms with E-state index in [1.165, 1.54) is 44.5 Å². The largest absolute Gasteiger partial charge is 0.309 e. The fourth-order valence-corrected chi connectivity index (χ4v) is 14.8. The van der Waals surface area contributed by atoms with Crippen LogP contribution in [-0.4, -0.2) is 27.8 Å². The first-order chi connectivity index (χ1) is 42.4. The van der Waals surface area contributed by atoms with Crippen LogP contribution in [0.3, 0.4) is 0 Å². The third kappa shape index (κ3) is 7.25. The molecule has 7 nitrogen and oxygen atoms in total. The van der Waals surface area contributed by atoms with Gasteiger partial charge in [-0.2, -0.15) is 5.26 Å². The lowest BCUT2D eigenvalue weighted by molar-refractivity contribution is 1.03. The summed E-state index contributed by atoms with van der Waals surface area (Å²) >= 11 is 0. The van der Waals surface area contributed by atoms with Crippen LogP contribution in [0.15, 0.2) is 213 Å². The van der Waals surface area contributed by atoms with Crippen LogP contribution >= 0.6 is 0 Å². The molecule has 0 atom stereocenters. The van der Waals surface area contributed by atoms with Gasteiger partial charge in [-0.15, -0.1) is 0 Å². The SMILES string of the molecule is Cc1ccc2c(c1)c1cc(C)ccc1n2-c1c(C#N)c(-n2c3ccc(C)cc3c3cc(C)ccc32)c(-n2c3ccc(C)cc3c3cc(C)ccc32)c(-c2ccc(-n3c4ccccc4c4cnccc43)cc2)c1-n1c2ccc(C)cc2c2cc(C)ccc21. The lowest BCUT2D eigenvalue weighted by Gasteiger charge is -2.29. The molecule has 0 bridgehead atoms. The van der Waals surface area contributed by atoms with E-state index in [4.69, 9.17) is 0 Å². The minimum Gasteiger partial charge on any atom is -0.309 e. The molecule has 0 aliphatic rings. The van der Waals surface area contributed by atoms with Crippen molar-refractivity contribution in [2.24, 2.45) is 0 Å². The number of hydrogen-bond donors (Lipinski definition) is 0. The molecule has 0 N–H and O–H groups in total. The summed E-state index contributed by atoms with van der Waals surface area (Å²) in [4.78, 5) is 4.62. The zero-order chi connectivity index (χ0) is 58.8. The topological polar surface area (TPSA) is 61.3 Å². The van der Waals surface area contributed by atoms with Crippen molar-refractivity contribution < 1.29 is 0 Å². The van der Waals surface area contributed by atoms with E-state index < -0.39 is 0 Å². The Morgan fingerprint density at radius 1 is 0.287 bits per heavy atom. The summed E-state index contributed by atoms with van der Waals surface area (Å²) in [5.41, 5.74) is 26.7. The number of rotatable bonds is 6. The van der Waals surface area contributed by atoms with Gasteiger partial charge < -0.3 is 22.8 Å². The summed E-state index contributed by atoms with van der Waals surface area (Å²) in [5.74, 6) is 0. The average Bonchev–Trinajstić information content (AvgIpc) is 1.65. The molecular formula is C80H59N7. The highest BCUT2D eigenvalue weighted by atomic mass is 15.1. The molecule has 6 heterocycles. The van der Waals surface area contributed by atoms with Crippen LogP contribution in [0.4, 0.5) is 0 Å². The summed E-state index contributed by atoms with van der Waals surface area (Å²) in [6.07, 6.45) is 3.88. The van der Waals surface area contributed by atoms with Crippen LogP contribution in [0.2, 0.25) is 0 Å². The number of hydrogen-bond acceptors (Lipinski definition) is 2. The van der Waals surface area contributed by atoms with Gasteiger partial charge in [-0.1, -0.05) is 123 Å². The van der Waals surface area contributed by atoms with Gasteiger partial charge in [0.15, 0.2) is 0 Å². The maximum absolute atomic E-state index is 13.2. The fraction of sp³-hybridized carbons (Fsp3) is 0.100. The van der Waals surface area contributed by atoms with Crippen LogP contribution in [0.1, 0.15) is 50.1 Å². The lowest BCUT2D eigenvalue weighted by Crippen LogP contribution is -2.16. The molecule has 17 aromatic rings. The molecule has 7 heteroatoms. The first kappa shape index (κ1) is 50.6. The van der Waals surface area contributed by atoms with Gasteiger partial charge in [0.05, 0.1) is 77.9 Å². The second kappa shape index (κ2) is 18.5. The molecule has 0 spiro atoms. The van der Waals surface area contributed by atoms with Crippen molar-refractivity contribution in [2.45, 2.75) is 55.4 Å². The molecular weight excluding hydrogens is 1060 g/mol. The highest BCUT2D eigenvalue weighted by molar-refractivity contribution is 6.18. The maximum atomic E-state index is 13.2. The summed E-state index contributed by atoms with van der Waals surface area (Å²) in [7, 11) is 0. The van der Waals surface area contributed by atoms with E-state index >= 15 is 0 Å². The van der Waals surface area contributed by atoms with E-state index in [2.05, 4.69) is 289 Å². The summed E-state index contributed by atoms with van der Waals surface area (Å²) < 4.78 is 12.3. The van der Waals surface area contributed by atoms with Gasteiger partial charge in [0.1, 0.15) is 11.6 Å². The van der Waals surface area contributed by atoms with Crippen molar-refractivity contribution in [3.8, 4) is 45.6 Å². The van der Waals surface area contributed by atoms with Gasteiger partial charge in [0.25, 0.3) is 0 Å². The smallest absolute Gasteiger partial charge is 0.104 e. The predicted octanol–water partition coefficient (Wildman–Crippen LogP) is 20.6. The third-order valence-electron chi connectivity index (χ3n) is 18.6. The Morgan fingerprint density at radius 2 is 0.586 bits per heavy atom. The van der Waals surface area contributed by atoms with E-state index in [0.29, 0.717) is 5.56 Å². The predicted molar refractivity (Wildman–Crippen MR) is 364 cm³/mol. The number of benzene rings is 11. The number of nitriles is 1. The van der Waals surface area contributed by atoms with Crippen molar-refractivity contribution in [3.63, 3.8) is 0 Å². The van der Waals surface area contributed by atoms with Gasteiger partial charge in [-0.3, -0.25) is 4.98 Å². The molecule has 17 rings (SSSR count). The van der Waals surface area contributed by atoms with Crippen LogP contribution in [-0.2, 0) is 0 Å². The molecule has 6 aromatic heterocycles. The summed E-state index contributed by atoms with van der Waals surface area (Å²) in [6.45, 7) is 17.5. The normalized spacial score (nSPS) is 12.1. The Hall–Kier alpha value is -10.9. The standard InChI is InChI=1S/C80H59N7/c1-45-13-25-67-56(35-45)57-36-46(2)14-26-68(57)84(67)77-64(43-81)78(85-69-27-15-47(3)37-58(69)59-38-48(4)16-28-70(59)85)80(87-73-31-19-51(7)41-62(73)63-42-52(8)20-32-74(63)87)76(79(77)86-71-29-17-49(5)39-60(71)61-40-50(6)18-30-72(61)86)53-21-23-54(24-22-53)83-66-12-10-9-11-55(66)65-44-82-34-33-75(65)83/h9-42,44H,1-8H3. The second-order valence-electron chi connectivity index (χ2n) is 24.6. The Morgan fingerprint density at radius 3 is 0.920 bits per heavy atom. The summed E-state index contributed by atoms with van der Waals surface area (Å²) in [5, 5.41) is 24.5. The van der Waals surface area contributed by atoms with Gasteiger partial charge in [-0.05, 0) is 182 Å². The van der Waals surface area contributed by atoms with Crippen molar-refractivity contribution in [1.29, 1.82) is 5.26 Å². The van der Waals surface area contributed by atoms with Gasteiger partial charge >= 0.3 is 0 Å². The zero-order valence-corrected chi connectivity index (χ0v) is 49.8. The number of aromatic nitrogens is 6.